The van der Waals surface area contributed by atoms with Crippen molar-refractivity contribution in [2.24, 2.45) is 0 Å². The molecule has 1 aliphatic carbocycles. The minimum Gasteiger partial charge on any atom is -0.330 e. The second-order valence-corrected chi connectivity index (χ2v) is 11.2. The highest BCUT2D eigenvalue weighted by Gasteiger charge is 2.75. The van der Waals surface area contributed by atoms with Gasteiger partial charge >= 0.3 is 30.1 Å². The number of rotatable bonds is 3. The number of likely N-dealkylation sites (tertiary alicyclic amines) is 1. The van der Waals surface area contributed by atoms with Crippen LogP contribution in [-0.4, -0.2) is 55.3 Å². The largest absolute Gasteiger partial charge is 0.471 e. The first-order valence-corrected chi connectivity index (χ1v) is 12.4. The number of fused-ring (bicyclic) bond motifs is 3. The number of halogens is 11. The molecule has 17 heteroatoms. The zero-order valence-corrected chi connectivity index (χ0v) is 19.9. The number of hydrogen-bond acceptors (Lipinski definition) is 4. The molecular formula is C22H15F11N2O3S. The Morgan fingerprint density at radius 2 is 1.59 bits per heavy atom. The van der Waals surface area contributed by atoms with Crippen molar-refractivity contribution in [2.75, 3.05) is 6.54 Å². The lowest BCUT2D eigenvalue weighted by molar-refractivity contribution is -0.350. The van der Waals surface area contributed by atoms with Crippen LogP contribution in [0.3, 0.4) is 0 Å². The summed E-state index contributed by atoms with van der Waals surface area (Å²) in [4.78, 5) is 14.5. The summed E-state index contributed by atoms with van der Waals surface area (Å²) in [6.07, 6.45) is -20.3. The van der Waals surface area contributed by atoms with E-state index in [1.54, 1.807) is 0 Å². The number of alkyl halides is 10. The van der Waals surface area contributed by atoms with E-state index in [4.69, 9.17) is 0 Å². The summed E-state index contributed by atoms with van der Waals surface area (Å²) >= 11 is 0. The maximum Gasteiger partial charge on any atom is 0.471 e. The molecule has 5 nitrogen and oxygen atoms in total. The van der Waals surface area contributed by atoms with Gasteiger partial charge < -0.3 is 4.90 Å². The summed E-state index contributed by atoms with van der Waals surface area (Å²) in [5, 5.41) is 0. The highest BCUT2D eigenvalue weighted by atomic mass is 32.2. The van der Waals surface area contributed by atoms with Crippen LogP contribution in [0.1, 0.15) is 29.7 Å². The fourth-order valence-corrected chi connectivity index (χ4v) is 7.67. The van der Waals surface area contributed by atoms with Crippen LogP contribution < -0.4 is 0 Å². The summed E-state index contributed by atoms with van der Waals surface area (Å²) in [6, 6.07) is 1.47. The lowest BCUT2D eigenvalue weighted by Crippen LogP contribution is -2.55. The van der Waals surface area contributed by atoms with Gasteiger partial charge in [-0.25, -0.2) is 17.2 Å². The number of carbonyl (C=O) groups is 1. The fourth-order valence-electron chi connectivity index (χ4n) is 5.29. The highest BCUT2D eigenvalue weighted by Crippen LogP contribution is 2.56. The third-order valence-corrected chi connectivity index (χ3v) is 9.52. The SMILES string of the molecule is O=C(N1CCC2(S(=O)(=O)c3cccc(F)c3)c3cnc(C(F)(C(F)(F)F)C(F)(F)F)cc3CCC12)C(F)(F)F. The quantitative estimate of drug-likeness (QED) is 0.452. The van der Waals surface area contributed by atoms with Gasteiger partial charge in [0.05, 0.1) is 16.6 Å². The van der Waals surface area contributed by atoms with Gasteiger partial charge in [-0.2, -0.15) is 39.5 Å². The molecule has 1 amide bonds. The summed E-state index contributed by atoms with van der Waals surface area (Å²) < 4.78 is 173. The molecule has 0 N–H and O–H groups in total. The zero-order valence-electron chi connectivity index (χ0n) is 19.1. The van der Waals surface area contributed by atoms with Gasteiger partial charge in [0, 0.05) is 12.7 Å². The van der Waals surface area contributed by atoms with Crippen LogP contribution in [0, 0.1) is 5.82 Å². The predicted octanol–water partition coefficient (Wildman–Crippen LogP) is 5.29. The maximum atomic E-state index is 14.7. The van der Waals surface area contributed by atoms with Crippen molar-refractivity contribution in [1.82, 2.24) is 9.88 Å². The van der Waals surface area contributed by atoms with Gasteiger partial charge in [-0.05, 0) is 54.7 Å². The van der Waals surface area contributed by atoms with Crippen LogP contribution in [0.2, 0.25) is 0 Å². The molecule has 0 bridgehead atoms. The third-order valence-electron chi connectivity index (χ3n) is 6.99. The number of carbonyl (C=O) groups excluding carboxylic acids is 1. The lowest BCUT2D eigenvalue weighted by Gasteiger charge is -2.42. The average Bonchev–Trinajstić information content (AvgIpc) is 3.22. The van der Waals surface area contributed by atoms with Crippen LogP contribution >= 0.6 is 0 Å². The highest BCUT2D eigenvalue weighted by molar-refractivity contribution is 7.92. The molecule has 2 atom stereocenters. The molecule has 39 heavy (non-hydrogen) atoms. The van der Waals surface area contributed by atoms with Gasteiger partial charge in [0.1, 0.15) is 10.6 Å². The molecule has 1 aliphatic heterocycles. The minimum atomic E-state index is -6.53. The topological polar surface area (TPSA) is 67.3 Å². The van der Waals surface area contributed by atoms with Crippen LogP contribution in [-0.2, 0) is 31.5 Å². The fraction of sp³-hybridized carbons (Fsp3) is 0.455. The normalized spacial score (nSPS) is 22.4. The molecule has 1 saturated heterocycles. The van der Waals surface area contributed by atoms with E-state index < -0.39 is 104 Å². The number of amides is 1. The van der Waals surface area contributed by atoms with Crippen LogP contribution in [0.4, 0.5) is 48.3 Å². The number of hydrogen-bond donors (Lipinski definition) is 0. The molecule has 2 unspecified atom stereocenters. The van der Waals surface area contributed by atoms with Crippen LogP contribution in [0.25, 0.3) is 0 Å². The molecule has 0 saturated carbocycles. The Hall–Kier alpha value is -2.98. The number of pyridine rings is 1. The maximum absolute atomic E-state index is 14.7. The Balaban J connectivity index is 1.98. The molecule has 2 aromatic rings. The smallest absolute Gasteiger partial charge is 0.330 e. The van der Waals surface area contributed by atoms with Crippen molar-refractivity contribution in [3.8, 4) is 0 Å². The van der Waals surface area contributed by atoms with E-state index >= 15 is 0 Å². The average molecular weight is 596 g/mol. The molecule has 1 aromatic heterocycles. The number of aryl methyl sites for hydroxylation is 1. The number of sulfone groups is 1. The molecule has 0 spiro atoms. The van der Waals surface area contributed by atoms with Crippen LogP contribution in [0.5, 0.6) is 0 Å². The standard InChI is InChI=1S/C22H15F11N2O3S/c23-12-2-1-3-13(9-12)39(37,38)18-6-7-35(17(36)20(25,26)27)16(18)5-4-11-8-15(34-10-14(11)18)19(24,21(28,29)30)22(31,32)33/h1-3,8-10,16H,4-7H2. The summed E-state index contributed by atoms with van der Waals surface area (Å²) in [7, 11) is -4.99. The van der Waals surface area contributed by atoms with E-state index in [1.807, 2.05) is 0 Å². The van der Waals surface area contributed by atoms with Gasteiger partial charge in [0.25, 0.3) is 0 Å². The van der Waals surface area contributed by atoms with Gasteiger partial charge in [-0.3, -0.25) is 9.78 Å². The van der Waals surface area contributed by atoms with Gasteiger partial charge in [0.2, 0.25) is 0 Å². The molecular weight excluding hydrogens is 581 g/mol. The summed E-state index contributed by atoms with van der Waals surface area (Å²) in [6.45, 7) is -0.823. The van der Waals surface area contributed by atoms with Crippen molar-refractivity contribution >= 4 is 15.7 Å². The Kier molecular flexibility index (Phi) is 6.52. The molecule has 1 aromatic carbocycles. The Morgan fingerprint density at radius 3 is 2.13 bits per heavy atom. The number of nitrogens with zero attached hydrogens (tertiary/aromatic N) is 2. The Bertz CT molecular complexity index is 1410. The molecule has 2 aliphatic rings. The van der Waals surface area contributed by atoms with Gasteiger partial charge in [-0.1, -0.05) is 6.07 Å². The Morgan fingerprint density at radius 1 is 0.974 bits per heavy atom. The molecule has 1 fully saturated rings. The van der Waals surface area contributed by atoms with Gasteiger partial charge in [0.15, 0.2) is 9.84 Å². The predicted molar refractivity (Wildman–Crippen MR) is 109 cm³/mol. The molecule has 214 valence electrons. The van der Waals surface area contributed by atoms with E-state index in [-0.39, 0.29) is 17.2 Å². The first-order valence-electron chi connectivity index (χ1n) is 10.9. The molecule has 0 radical (unpaired) electrons. The number of aromatic nitrogens is 1. The van der Waals surface area contributed by atoms with Crippen molar-refractivity contribution in [1.29, 1.82) is 0 Å². The number of benzene rings is 1. The summed E-state index contributed by atoms with van der Waals surface area (Å²) in [5.41, 5.74) is -9.28. The zero-order chi connectivity index (χ0) is 29.4. The van der Waals surface area contributed by atoms with E-state index in [2.05, 4.69) is 4.98 Å². The van der Waals surface area contributed by atoms with E-state index in [9.17, 15) is 61.5 Å². The second-order valence-electron chi connectivity index (χ2n) is 9.03. The molecule has 2 heterocycles. The van der Waals surface area contributed by atoms with Crippen molar-refractivity contribution in [2.45, 2.75) is 59.1 Å². The van der Waals surface area contributed by atoms with Crippen molar-refractivity contribution in [3.05, 3.63) is 59.2 Å². The lowest BCUT2D eigenvalue weighted by atomic mass is 9.78. The van der Waals surface area contributed by atoms with Gasteiger partial charge in [-0.15, -0.1) is 0 Å². The van der Waals surface area contributed by atoms with E-state index in [1.165, 1.54) is 0 Å². The first-order chi connectivity index (χ1) is 17.7. The first kappa shape index (κ1) is 29.0. The van der Waals surface area contributed by atoms with E-state index in [0.717, 1.165) is 18.2 Å². The van der Waals surface area contributed by atoms with Crippen LogP contribution in [0.15, 0.2) is 41.4 Å². The van der Waals surface area contributed by atoms with Crippen molar-refractivity contribution in [3.63, 3.8) is 0 Å². The molecule has 4 rings (SSSR count). The van der Waals surface area contributed by atoms with Crippen molar-refractivity contribution < 1.29 is 61.5 Å². The Labute approximate surface area is 212 Å². The second kappa shape index (κ2) is 8.76. The van der Waals surface area contributed by atoms with E-state index in [0.29, 0.717) is 6.07 Å². The third kappa shape index (κ3) is 4.14. The minimum absolute atomic E-state index is 0.0730. The monoisotopic (exact) mass is 596 g/mol. The summed E-state index contributed by atoms with van der Waals surface area (Å²) in [5.74, 6) is -3.50.